The molecule has 0 bridgehead atoms. The molecule has 2 heterocycles. The predicted molar refractivity (Wildman–Crippen MR) is 67.8 cm³/mol. The molecule has 0 aliphatic heterocycles. The third-order valence-corrected chi connectivity index (χ3v) is 2.96. The summed E-state index contributed by atoms with van der Waals surface area (Å²) >= 11 is 0. The van der Waals surface area contributed by atoms with E-state index >= 15 is 0 Å². The molecule has 4 nitrogen and oxygen atoms in total. The van der Waals surface area contributed by atoms with E-state index in [1.54, 1.807) is 0 Å². The van der Waals surface area contributed by atoms with Crippen molar-refractivity contribution in [3.63, 3.8) is 0 Å². The summed E-state index contributed by atoms with van der Waals surface area (Å²) in [5, 5.41) is 3.84. The minimum Gasteiger partial charge on any atom is -0.366 e. The number of benzene rings is 1. The molecule has 108 valence electrons. The lowest BCUT2D eigenvalue weighted by Gasteiger charge is -2.13. The van der Waals surface area contributed by atoms with Crippen LogP contribution in [0.2, 0.25) is 0 Å². The van der Waals surface area contributed by atoms with E-state index in [-0.39, 0.29) is 22.7 Å². The van der Waals surface area contributed by atoms with E-state index in [9.17, 15) is 17.6 Å². The number of nitrogens with zero attached hydrogens (tertiary/aromatic N) is 3. The average Bonchev–Trinajstić information content (AvgIpc) is 2.77. The van der Waals surface area contributed by atoms with Crippen LogP contribution in [0, 0.1) is 5.82 Å². The first kappa shape index (κ1) is 13.3. The highest BCUT2D eigenvalue weighted by molar-refractivity contribution is 5.80. The smallest absolute Gasteiger partial charge is 0.366 e. The van der Waals surface area contributed by atoms with E-state index in [0.717, 1.165) is 12.1 Å². The summed E-state index contributed by atoms with van der Waals surface area (Å²) in [5.41, 5.74) is 4.56. The van der Waals surface area contributed by atoms with Gasteiger partial charge in [0.1, 0.15) is 5.82 Å². The zero-order valence-corrected chi connectivity index (χ0v) is 10.4. The van der Waals surface area contributed by atoms with Crippen LogP contribution >= 0.6 is 0 Å². The Balaban J connectivity index is 2.33. The van der Waals surface area contributed by atoms with E-state index in [0.29, 0.717) is 6.07 Å². The largest absolute Gasteiger partial charge is 0.417 e. The summed E-state index contributed by atoms with van der Waals surface area (Å²) in [5.74, 6) is -1.02. The van der Waals surface area contributed by atoms with E-state index in [4.69, 9.17) is 5.73 Å². The fourth-order valence-electron chi connectivity index (χ4n) is 2.12. The van der Waals surface area contributed by atoms with Crippen molar-refractivity contribution in [3.05, 3.63) is 47.9 Å². The molecule has 21 heavy (non-hydrogen) atoms. The van der Waals surface area contributed by atoms with Gasteiger partial charge in [-0.25, -0.2) is 8.91 Å². The zero-order valence-electron chi connectivity index (χ0n) is 10.4. The Morgan fingerprint density at radius 1 is 1.10 bits per heavy atom. The van der Waals surface area contributed by atoms with Gasteiger partial charge in [-0.2, -0.15) is 18.2 Å². The highest BCUT2D eigenvalue weighted by Gasteiger charge is 2.34. The summed E-state index contributed by atoms with van der Waals surface area (Å²) in [6.45, 7) is 0. The fraction of sp³-hybridized carbons (Fsp3) is 0.0769. The third kappa shape index (κ3) is 2.28. The lowest BCUT2D eigenvalue weighted by Crippen LogP contribution is -2.08. The van der Waals surface area contributed by atoms with Gasteiger partial charge in [-0.15, -0.1) is 5.10 Å². The molecule has 0 saturated heterocycles. The van der Waals surface area contributed by atoms with Crippen LogP contribution in [-0.2, 0) is 6.18 Å². The number of pyridine rings is 1. The molecule has 2 aromatic heterocycles. The number of hydrogen-bond donors (Lipinski definition) is 1. The third-order valence-electron chi connectivity index (χ3n) is 2.96. The first-order chi connectivity index (χ1) is 9.86. The molecule has 0 unspecified atom stereocenters. The molecule has 0 radical (unpaired) electrons. The van der Waals surface area contributed by atoms with Crippen LogP contribution < -0.4 is 5.73 Å². The molecule has 8 heteroatoms. The van der Waals surface area contributed by atoms with E-state index in [2.05, 4.69) is 10.1 Å². The Labute approximate surface area is 115 Å². The molecule has 1 aromatic carbocycles. The predicted octanol–water partition coefficient (Wildman–Crippen LogP) is 3.14. The van der Waals surface area contributed by atoms with Crippen molar-refractivity contribution in [2.45, 2.75) is 6.18 Å². The highest BCUT2D eigenvalue weighted by Crippen LogP contribution is 2.38. The summed E-state index contributed by atoms with van der Waals surface area (Å²) in [4.78, 5) is 3.90. The summed E-state index contributed by atoms with van der Waals surface area (Å²) in [6.07, 6.45) is -3.17. The van der Waals surface area contributed by atoms with E-state index in [1.165, 1.54) is 22.8 Å². The summed E-state index contributed by atoms with van der Waals surface area (Å²) < 4.78 is 53.7. The molecule has 2 N–H and O–H groups in total. The van der Waals surface area contributed by atoms with Crippen molar-refractivity contribution in [3.8, 4) is 11.1 Å². The fourth-order valence-corrected chi connectivity index (χ4v) is 2.12. The molecule has 0 amide bonds. The van der Waals surface area contributed by atoms with Gasteiger partial charge in [0.2, 0.25) is 5.95 Å². The van der Waals surface area contributed by atoms with Gasteiger partial charge in [0.25, 0.3) is 0 Å². The van der Waals surface area contributed by atoms with Crippen molar-refractivity contribution < 1.29 is 17.6 Å². The number of fused-ring (bicyclic) bond motifs is 1. The average molecular weight is 296 g/mol. The van der Waals surface area contributed by atoms with E-state index < -0.39 is 17.6 Å². The number of aromatic nitrogens is 3. The molecule has 0 saturated carbocycles. The molecule has 0 fully saturated rings. The Bertz CT molecular complexity index is 823. The number of anilines is 1. The van der Waals surface area contributed by atoms with Crippen molar-refractivity contribution in [2.24, 2.45) is 0 Å². The SMILES string of the molecule is Nc1nc2c(-c3ccc(F)cc3C(F)(F)F)cccn2n1. The minimum atomic E-state index is -4.68. The Morgan fingerprint density at radius 2 is 1.86 bits per heavy atom. The Morgan fingerprint density at radius 3 is 2.57 bits per heavy atom. The molecular formula is C13H8F4N4. The van der Waals surface area contributed by atoms with Gasteiger partial charge in [0.15, 0.2) is 5.65 Å². The maximum Gasteiger partial charge on any atom is 0.417 e. The normalized spacial score (nSPS) is 12.0. The number of nitrogens with two attached hydrogens (primary N) is 1. The van der Waals surface area contributed by atoms with Gasteiger partial charge in [0, 0.05) is 11.8 Å². The van der Waals surface area contributed by atoms with Gasteiger partial charge >= 0.3 is 6.18 Å². The lowest BCUT2D eigenvalue weighted by atomic mass is 10.00. The topological polar surface area (TPSA) is 56.2 Å². The highest BCUT2D eigenvalue weighted by atomic mass is 19.4. The number of hydrogen-bond acceptors (Lipinski definition) is 3. The molecule has 0 atom stereocenters. The summed E-state index contributed by atoms with van der Waals surface area (Å²) in [6, 6.07) is 5.45. The second kappa shape index (κ2) is 4.44. The van der Waals surface area contributed by atoms with Crippen LogP contribution in [-0.4, -0.2) is 14.6 Å². The second-order valence-electron chi connectivity index (χ2n) is 4.35. The van der Waals surface area contributed by atoms with Crippen LogP contribution in [0.3, 0.4) is 0 Å². The van der Waals surface area contributed by atoms with Gasteiger partial charge in [-0.3, -0.25) is 0 Å². The molecular weight excluding hydrogens is 288 g/mol. The van der Waals surface area contributed by atoms with Gasteiger partial charge in [-0.05, 0) is 29.8 Å². The molecule has 3 aromatic rings. The van der Waals surface area contributed by atoms with Gasteiger partial charge in [0.05, 0.1) is 5.56 Å². The van der Waals surface area contributed by atoms with Crippen LogP contribution in [0.15, 0.2) is 36.5 Å². The molecule has 0 spiro atoms. The van der Waals surface area contributed by atoms with Crippen LogP contribution in [0.25, 0.3) is 16.8 Å². The van der Waals surface area contributed by atoms with Crippen molar-refractivity contribution in [1.82, 2.24) is 14.6 Å². The van der Waals surface area contributed by atoms with Crippen molar-refractivity contribution >= 4 is 11.6 Å². The molecule has 0 aliphatic carbocycles. The van der Waals surface area contributed by atoms with Crippen molar-refractivity contribution in [1.29, 1.82) is 0 Å². The number of halogens is 4. The molecule has 0 aliphatic rings. The monoisotopic (exact) mass is 296 g/mol. The second-order valence-corrected chi connectivity index (χ2v) is 4.35. The van der Waals surface area contributed by atoms with Gasteiger partial charge < -0.3 is 5.73 Å². The quantitative estimate of drug-likeness (QED) is 0.702. The Hall–Kier alpha value is -2.64. The molecule has 3 rings (SSSR count). The first-order valence-corrected chi connectivity index (χ1v) is 5.84. The summed E-state index contributed by atoms with van der Waals surface area (Å²) in [7, 11) is 0. The van der Waals surface area contributed by atoms with Crippen LogP contribution in [0.4, 0.5) is 23.5 Å². The van der Waals surface area contributed by atoms with Gasteiger partial charge in [-0.1, -0.05) is 6.07 Å². The number of alkyl halides is 3. The van der Waals surface area contributed by atoms with Crippen molar-refractivity contribution in [2.75, 3.05) is 5.73 Å². The maximum atomic E-state index is 13.2. The minimum absolute atomic E-state index is 0.0573. The standard InChI is InChI=1S/C13H8F4N4/c14-7-3-4-8(10(6-7)13(15,16)17)9-2-1-5-21-11(9)19-12(18)20-21/h1-6H,(H2,18,20). The number of nitrogen functional groups attached to an aromatic ring is 1. The number of rotatable bonds is 1. The van der Waals surface area contributed by atoms with Crippen LogP contribution in [0.5, 0.6) is 0 Å². The maximum absolute atomic E-state index is 13.2. The zero-order chi connectivity index (χ0) is 15.2. The lowest BCUT2D eigenvalue weighted by molar-refractivity contribution is -0.137. The first-order valence-electron chi connectivity index (χ1n) is 5.84. The van der Waals surface area contributed by atoms with E-state index in [1.807, 2.05) is 0 Å². The van der Waals surface area contributed by atoms with Crippen LogP contribution in [0.1, 0.15) is 5.56 Å². The Kier molecular flexibility index (Phi) is 2.82.